The minimum atomic E-state index is -3.20. The van der Waals surface area contributed by atoms with E-state index in [2.05, 4.69) is 105 Å². The lowest BCUT2D eigenvalue weighted by atomic mass is 9.93. The summed E-state index contributed by atoms with van der Waals surface area (Å²) in [7, 11) is -4.81. The van der Waals surface area contributed by atoms with E-state index in [4.69, 9.17) is 23.1 Å². The minimum Gasteiger partial charge on any atom is -0.405 e. The number of aromatic amines is 2. The number of amides is 1. The van der Waals surface area contributed by atoms with Crippen LogP contribution in [0.25, 0.3) is 0 Å². The summed E-state index contributed by atoms with van der Waals surface area (Å²) >= 11 is 0. The number of aromatic nitrogens is 4. The normalized spacial score (nSPS) is 21.7. The summed E-state index contributed by atoms with van der Waals surface area (Å²) in [6.07, 6.45) is -1.73. The highest BCUT2D eigenvalue weighted by atomic mass is 28.4. The van der Waals surface area contributed by atoms with Gasteiger partial charge in [-0.15, -0.1) is 0 Å². The minimum absolute atomic E-state index is 0.00570. The number of hydrogen-bond donors (Lipinski definition) is 3. The largest absolute Gasteiger partial charge is 0.405 e. The van der Waals surface area contributed by atoms with E-state index in [1.54, 1.807) is 13.8 Å². The van der Waals surface area contributed by atoms with Crippen LogP contribution in [0.15, 0.2) is 153 Å². The van der Waals surface area contributed by atoms with Crippen LogP contribution in [0.2, 0.25) is 10.1 Å². The zero-order valence-corrected chi connectivity index (χ0v) is 44.5. The molecule has 2 aliphatic heterocycles. The molecular formula is C55H67N5O10Si2. The highest BCUT2D eigenvalue weighted by Gasteiger charge is 2.55. The Kier molecular flexibility index (Phi) is 15.4. The number of ether oxygens (including phenoxy) is 3. The molecule has 2 saturated heterocycles. The SMILES string of the molecule is COC1C(CC(=O)NC[C@H]2OC(n3cc(C)c(=O)[nH]c3=O)CC2O[Si](c2ccccc2)(c2ccccc2)C(C)(C)C)[C@@H](CO[Si](c2ccccc2)(c2ccccc2)C(C)(C)C)OC1n1cc(C)c(=O)[nH]c1=O. The zero-order valence-electron chi connectivity index (χ0n) is 42.5. The van der Waals surface area contributed by atoms with Gasteiger partial charge in [-0.25, -0.2) is 9.59 Å². The number of carbonyl (C=O) groups excluding carboxylic acids is 1. The van der Waals surface area contributed by atoms with Gasteiger partial charge in [-0.05, 0) is 44.7 Å². The molecule has 0 bridgehead atoms. The molecule has 1 amide bonds. The van der Waals surface area contributed by atoms with E-state index in [1.807, 2.05) is 72.8 Å². The van der Waals surface area contributed by atoms with Gasteiger partial charge in [0.1, 0.15) is 18.4 Å². The number of benzene rings is 4. The van der Waals surface area contributed by atoms with Crippen LogP contribution in [0.4, 0.5) is 0 Å². The van der Waals surface area contributed by atoms with Crippen molar-refractivity contribution in [1.82, 2.24) is 24.4 Å². The van der Waals surface area contributed by atoms with E-state index in [1.165, 1.54) is 28.6 Å². The van der Waals surface area contributed by atoms with E-state index < -0.39 is 87.0 Å². The summed E-state index contributed by atoms with van der Waals surface area (Å²) in [5.41, 5.74) is -1.64. The van der Waals surface area contributed by atoms with E-state index in [-0.39, 0.29) is 36.9 Å². The highest BCUT2D eigenvalue weighted by molar-refractivity contribution is 7.00. The number of nitrogens with zero attached hydrogens (tertiary/aromatic N) is 2. The number of hydrogen-bond acceptors (Lipinski definition) is 10. The molecule has 380 valence electrons. The Morgan fingerprint density at radius 3 is 1.56 bits per heavy atom. The maximum atomic E-state index is 14.7. The lowest BCUT2D eigenvalue weighted by Gasteiger charge is -2.45. The summed E-state index contributed by atoms with van der Waals surface area (Å²) in [4.78, 5) is 71.5. The Morgan fingerprint density at radius 2 is 1.10 bits per heavy atom. The van der Waals surface area contributed by atoms with E-state index >= 15 is 0 Å². The van der Waals surface area contributed by atoms with Crippen LogP contribution in [-0.2, 0) is 27.9 Å². The first-order valence-electron chi connectivity index (χ1n) is 24.6. The lowest BCUT2D eigenvalue weighted by molar-refractivity contribution is -0.124. The third-order valence-electron chi connectivity index (χ3n) is 14.4. The second-order valence-electron chi connectivity index (χ2n) is 21.1. The third kappa shape index (κ3) is 10.2. The van der Waals surface area contributed by atoms with Gasteiger partial charge < -0.3 is 28.4 Å². The molecule has 4 aromatic carbocycles. The standard InChI is InChI=1S/C55H67N5O10Si2/c1-36-33-59(52(64)57-49(36)62)47-31-43(70-72(55(6,7)8,40-26-18-12-19-27-40)41-28-20-13-21-29-41)44(68-47)32-56-46(61)30-42-45(69-51(48(42)66-9)60-34-37(2)50(63)58-53(60)65)35-67-71(54(3,4)5,38-22-14-10-15-23-38)39-24-16-11-17-25-39/h10-29,33-34,42-45,47-48,51H,30-32,35H2,1-9H3,(H,56,61)(H,57,62,64)(H,58,63,65)/t42?,43?,44-,45-,47?,48?,51?/m1/s1. The fraction of sp³-hybridized carbons (Fsp3) is 0.400. The van der Waals surface area contributed by atoms with Crippen LogP contribution in [0.3, 0.4) is 0 Å². The molecule has 72 heavy (non-hydrogen) atoms. The molecule has 2 fully saturated rings. The number of nitrogens with one attached hydrogen (secondary N) is 3. The second-order valence-corrected chi connectivity index (χ2v) is 29.6. The van der Waals surface area contributed by atoms with Crippen molar-refractivity contribution >= 4 is 43.3 Å². The summed E-state index contributed by atoms with van der Waals surface area (Å²) < 4.78 is 37.5. The molecule has 3 N–H and O–H groups in total. The van der Waals surface area contributed by atoms with Crippen LogP contribution in [-0.4, -0.2) is 86.3 Å². The summed E-state index contributed by atoms with van der Waals surface area (Å²) in [6.45, 7) is 16.4. The smallest absolute Gasteiger partial charge is 0.330 e. The van der Waals surface area contributed by atoms with Gasteiger partial charge in [0.05, 0.1) is 18.8 Å². The summed E-state index contributed by atoms with van der Waals surface area (Å²) in [6, 6.07) is 40.8. The summed E-state index contributed by atoms with van der Waals surface area (Å²) in [5.74, 6) is -0.999. The number of carbonyl (C=O) groups is 1. The zero-order chi connectivity index (χ0) is 51.6. The van der Waals surface area contributed by atoms with E-state index in [0.29, 0.717) is 11.1 Å². The third-order valence-corrected chi connectivity index (χ3v) is 24.4. The van der Waals surface area contributed by atoms with Crippen LogP contribution in [0, 0.1) is 19.8 Å². The van der Waals surface area contributed by atoms with E-state index in [9.17, 15) is 24.0 Å². The fourth-order valence-electron chi connectivity index (χ4n) is 10.8. The van der Waals surface area contributed by atoms with Gasteiger partial charge in [0, 0.05) is 55.9 Å². The predicted molar refractivity (Wildman–Crippen MR) is 283 cm³/mol. The van der Waals surface area contributed by atoms with Crippen LogP contribution < -0.4 is 48.6 Å². The molecule has 0 aliphatic carbocycles. The lowest BCUT2D eigenvalue weighted by Crippen LogP contribution is -2.68. The molecule has 5 unspecified atom stereocenters. The quantitative estimate of drug-likeness (QED) is 0.116. The van der Waals surface area contributed by atoms with E-state index in [0.717, 1.165) is 20.7 Å². The van der Waals surface area contributed by atoms with Crippen LogP contribution in [0.1, 0.15) is 78.0 Å². The van der Waals surface area contributed by atoms with Crippen molar-refractivity contribution in [3.8, 4) is 0 Å². The Labute approximate surface area is 421 Å². The molecule has 6 aromatic rings. The Bertz CT molecular complexity index is 2980. The second kappa shape index (κ2) is 21.2. The van der Waals surface area contributed by atoms with Gasteiger partial charge in [0.15, 0.2) is 6.23 Å². The number of methoxy groups -OCH3 is 1. The molecule has 2 aromatic heterocycles. The molecule has 8 rings (SSSR count). The molecule has 0 radical (unpaired) electrons. The van der Waals surface area contributed by atoms with Gasteiger partial charge in [-0.3, -0.25) is 33.5 Å². The van der Waals surface area contributed by atoms with Gasteiger partial charge in [0.2, 0.25) is 5.91 Å². The van der Waals surface area contributed by atoms with Crippen molar-refractivity contribution in [3.63, 3.8) is 0 Å². The number of aryl methyl sites for hydroxylation is 2. The van der Waals surface area contributed by atoms with Gasteiger partial charge >= 0.3 is 11.4 Å². The molecule has 0 spiro atoms. The predicted octanol–water partition coefficient (Wildman–Crippen LogP) is 4.55. The molecule has 15 nitrogen and oxygen atoms in total. The average molecular weight is 1010 g/mol. The van der Waals surface area contributed by atoms with Crippen molar-refractivity contribution in [3.05, 3.63) is 187 Å². The Hall–Kier alpha value is -6.06. The van der Waals surface area contributed by atoms with Crippen molar-refractivity contribution < 1.29 is 27.9 Å². The molecular weight excluding hydrogens is 947 g/mol. The molecule has 17 heteroatoms. The average Bonchev–Trinajstić information content (AvgIpc) is 3.92. The van der Waals surface area contributed by atoms with Gasteiger partial charge in [-0.2, -0.15) is 0 Å². The van der Waals surface area contributed by atoms with Gasteiger partial charge in [-0.1, -0.05) is 163 Å². The maximum absolute atomic E-state index is 14.7. The number of rotatable bonds is 16. The van der Waals surface area contributed by atoms with Crippen molar-refractivity contribution in [2.45, 2.75) is 115 Å². The van der Waals surface area contributed by atoms with Gasteiger partial charge in [0.25, 0.3) is 27.8 Å². The Balaban J connectivity index is 1.14. The van der Waals surface area contributed by atoms with Crippen molar-refractivity contribution in [1.29, 1.82) is 0 Å². The first kappa shape index (κ1) is 52.3. The molecule has 4 heterocycles. The first-order chi connectivity index (χ1) is 34.3. The fourth-order valence-corrected chi connectivity index (χ4v) is 20.1. The van der Waals surface area contributed by atoms with Crippen molar-refractivity contribution in [2.24, 2.45) is 5.92 Å². The molecule has 2 aliphatic rings. The monoisotopic (exact) mass is 1010 g/mol. The molecule has 0 saturated carbocycles. The van der Waals surface area contributed by atoms with Crippen LogP contribution in [0.5, 0.6) is 0 Å². The van der Waals surface area contributed by atoms with Crippen LogP contribution >= 0.6 is 0 Å². The van der Waals surface area contributed by atoms with Crippen molar-refractivity contribution in [2.75, 3.05) is 20.3 Å². The number of H-pyrrole nitrogens is 2. The first-order valence-corrected chi connectivity index (χ1v) is 28.4. The maximum Gasteiger partial charge on any atom is 0.330 e. The Morgan fingerprint density at radius 1 is 0.653 bits per heavy atom. The highest BCUT2D eigenvalue weighted by Crippen LogP contribution is 2.43. The summed E-state index contributed by atoms with van der Waals surface area (Å²) in [5, 5.41) is 6.61. The topological polar surface area (TPSA) is 185 Å². The molecule has 7 atom stereocenters.